The van der Waals surface area contributed by atoms with Crippen LogP contribution in [-0.2, 0) is 0 Å². The molecule has 0 bridgehead atoms. The van der Waals surface area contributed by atoms with E-state index in [9.17, 15) is 26.3 Å². The molecule has 2 aromatic carbocycles. The Kier molecular flexibility index (Phi) is 9.86. The number of hydrogen-bond acceptors (Lipinski definition) is 4. The summed E-state index contributed by atoms with van der Waals surface area (Å²) >= 11 is 0. The van der Waals surface area contributed by atoms with Gasteiger partial charge in [-0.3, -0.25) is 0 Å². The Balaban J connectivity index is 2.33. The second kappa shape index (κ2) is 12.6. The van der Waals surface area contributed by atoms with E-state index in [1.54, 1.807) is 48.6 Å². The standard InChI is InChI=1S/C25H23F6NO3/c1-3-5-10-20(11-6-4-2)33-21-12-7-9-19(17-21)32(16-15-24(26,27)28)35-23-14-8-13-22(18-23)34-25(29,30)31/h3-14,17-18H,1,15-16H2,2H3/b6-4-,10-5-,20-11+. The summed E-state index contributed by atoms with van der Waals surface area (Å²) in [7, 11) is 0. The van der Waals surface area contributed by atoms with E-state index in [2.05, 4.69) is 11.3 Å². The average Bonchev–Trinajstić information content (AvgIpc) is 2.77. The summed E-state index contributed by atoms with van der Waals surface area (Å²) in [6.45, 7) is 4.78. The number of hydrogen-bond donors (Lipinski definition) is 0. The van der Waals surface area contributed by atoms with Crippen LogP contribution in [-0.4, -0.2) is 19.1 Å². The summed E-state index contributed by atoms with van der Waals surface area (Å²) in [4.78, 5) is 5.52. The predicted molar refractivity (Wildman–Crippen MR) is 121 cm³/mol. The Morgan fingerprint density at radius 2 is 1.63 bits per heavy atom. The first-order valence-corrected chi connectivity index (χ1v) is 10.3. The van der Waals surface area contributed by atoms with Gasteiger partial charge in [0.25, 0.3) is 0 Å². The lowest BCUT2D eigenvalue weighted by atomic mass is 10.2. The van der Waals surface area contributed by atoms with Gasteiger partial charge in [0.2, 0.25) is 0 Å². The highest BCUT2D eigenvalue weighted by atomic mass is 19.4. The van der Waals surface area contributed by atoms with E-state index in [0.29, 0.717) is 11.5 Å². The molecule has 10 heteroatoms. The highest BCUT2D eigenvalue weighted by Crippen LogP contribution is 2.30. The summed E-state index contributed by atoms with van der Waals surface area (Å²) in [6.07, 6.45) is -0.619. The van der Waals surface area contributed by atoms with Crippen molar-refractivity contribution in [3.05, 3.63) is 97.3 Å². The van der Waals surface area contributed by atoms with Crippen molar-refractivity contribution in [1.82, 2.24) is 0 Å². The normalized spacial score (nSPS) is 12.7. The van der Waals surface area contributed by atoms with E-state index >= 15 is 0 Å². The molecule has 0 saturated heterocycles. The predicted octanol–water partition coefficient (Wildman–Crippen LogP) is 7.92. The fourth-order valence-electron chi connectivity index (χ4n) is 2.63. The van der Waals surface area contributed by atoms with Crippen molar-refractivity contribution in [2.45, 2.75) is 25.9 Å². The van der Waals surface area contributed by atoms with Crippen molar-refractivity contribution < 1.29 is 40.7 Å². The van der Waals surface area contributed by atoms with Crippen molar-refractivity contribution >= 4 is 5.69 Å². The topological polar surface area (TPSA) is 30.9 Å². The van der Waals surface area contributed by atoms with Crippen LogP contribution in [0.4, 0.5) is 32.0 Å². The molecule has 0 saturated carbocycles. The molecule has 0 amide bonds. The van der Waals surface area contributed by atoms with Gasteiger partial charge in [-0.1, -0.05) is 43.0 Å². The maximum absolute atomic E-state index is 12.9. The van der Waals surface area contributed by atoms with Gasteiger partial charge in [-0.2, -0.15) is 13.2 Å². The summed E-state index contributed by atoms with van der Waals surface area (Å²) in [5, 5.41) is 0.919. The first-order valence-electron chi connectivity index (χ1n) is 10.3. The zero-order chi connectivity index (χ0) is 25.9. The van der Waals surface area contributed by atoms with Crippen LogP contribution in [0.15, 0.2) is 97.3 Å². The molecule has 0 aromatic heterocycles. The number of rotatable bonds is 11. The molecular weight excluding hydrogens is 476 g/mol. The highest BCUT2D eigenvalue weighted by molar-refractivity contribution is 5.50. The number of allylic oxidation sites excluding steroid dienone is 6. The number of benzene rings is 2. The van der Waals surface area contributed by atoms with E-state index in [1.807, 2.05) is 6.92 Å². The second-order valence-electron chi connectivity index (χ2n) is 6.87. The van der Waals surface area contributed by atoms with Crippen LogP contribution >= 0.6 is 0 Å². The average molecular weight is 499 g/mol. The van der Waals surface area contributed by atoms with Gasteiger partial charge >= 0.3 is 12.5 Å². The molecule has 188 valence electrons. The smallest absolute Gasteiger partial charge is 0.457 e. The molecule has 0 aliphatic heterocycles. The van der Waals surface area contributed by atoms with Gasteiger partial charge in [-0.05, 0) is 43.3 Å². The summed E-state index contributed by atoms with van der Waals surface area (Å²) in [6, 6.07) is 10.5. The van der Waals surface area contributed by atoms with Crippen LogP contribution in [0.5, 0.6) is 17.2 Å². The first-order chi connectivity index (χ1) is 16.5. The summed E-state index contributed by atoms with van der Waals surface area (Å²) < 4.78 is 86.0. The fraction of sp³-hybridized carbons (Fsp3) is 0.200. The monoisotopic (exact) mass is 499 g/mol. The van der Waals surface area contributed by atoms with Crippen LogP contribution in [0.2, 0.25) is 0 Å². The number of anilines is 1. The van der Waals surface area contributed by atoms with E-state index in [-0.39, 0.29) is 11.4 Å². The fourth-order valence-corrected chi connectivity index (χ4v) is 2.63. The largest absolute Gasteiger partial charge is 0.573 e. The van der Waals surface area contributed by atoms with Crippen molar-refractivity contribution in [3.63, 3.8) is 0 Å². The number of ether oxygens (including phenoxy) is 2. The Morgan fingerprint density at radius 3 is 2.29 bits per heavy atom. The lowest BCUT2D eigenvalue weighted by Gasteiger charge is -2.25. The van der Waals surface area contributed by atoms with Crippen LogP contribution in [0.25, 0.3) is 0 Å². The molecule has 0 spiro atoms. The zero-order valence-corrected chi connectivity index (χ0v) is 18.6. The Bertz CT molecular complexity index is 1060. The summed E-state index contributed by atoms with van der Waals surface area (Å²) in [5.74, 6) is 0.0000826. The first kappa shape index (κ1) is 27.4. The molecule has 0 fully saturated rings. The maximum atomic E-state index is 12.9. The SMILES string of the molecule is C=C\C=C/C(=C\C=C/C)Oc1cccc(N(CCC(F)(F)F)Oc2cccc(OC(F)(F)F)c2)c1. The van der Waals surface area contributed by atoms with Gasteiger partial charge in [0, 0.05) is 12.1 Å². The maximum Gasteiger partial charge on any atom is 0.573 e. The minimum atomic E-state index is -4.93. The molecule has 0 heterocycles. The van der Waals surface area contributed by atoms with Gasteiger partial charge in [-0.25, -0.2) is 5.06 Å². The second-order valence-corrected chi connectivity index (χ2v) is 6.87. The van der Waals surface area contributed by atoms with Gasteiger partial charge in [0.05, 0.1) is 18.7 Å². The van der Waals surface area contributed by atoms with Crippen LogP contribution < -0.4 is 19.4 Å². The van der Waals surface area contributed by atoms with Crippen molar-refractivity contribution in [1.29, 1.82) is 0 Å². The van der Waals surface area contributed by atoms with Gasteiger partial charge < -0.3 is 14.3 Å². The van der Waals surface area contributed by atoms with Gasteiger partial charge in [0.15, 0.2) is 5.75 Å². The molecule has 0 N–H and O–H groups in total. The molecule has 0 aliphatic carbocycles. The molecule has 2 rings (SSSR count). The van der Waals surface area contributed by atoms with Gasteiger partial charge in [-0.15, -0.1) is 13.2 Å². The lowest BCUT2D eigenvalue weighted by Crippen LogP contribution is -2.31. The molecule has 4 nitrogen and oxygen atoms in total. The van der Waals surface area contributed by atoms with Crippen molar-refractivity contribution in [2.24, 2.45) is 0 Å². The highest BCUT2D eigenvalue weighted by Gasteiger charge is 2.31. The third-order valence-electron chi connectivity index (χ3n) is 4.04. The third-order valence-corrected chi connectivity index (χ3v) is 4.04. The van der Waals surface area contributed by atoms with E-state index < -0.39 is 31.3 Å². The van der Waals surface area contributed by atoms with E-state index in [4.69, 9.17) is 9.57 Å². The number of nitrogens with zero attached hydrogens (tertiary/aromatic N) is 1. The Labute approximate surface area is 199 Å². The van der Waals surface area contributed by atoms with Crippen LogP contribution in [0, 0.1) is 0 Å². The van der Waals surface area contributed by atoms with E-state index in [1.165, 1.54) is 24.3 Å². The molecule has 0 atom stereocenters. The summed E-state index contributed by atoms with van der Waals surface area (Å²) in [5.41, 5.74) is 0.187. The van der Waals surface area contributed by atoms with Crippen molar-refractivity contribution in [2.75, 3.05) is 11.6 Å². The van der Waals surface area contributed by atoms with Crippen molar-refractivity contribution in [3.8, 4) is 17.2 Å². The minimum Gasteiger partial charge on any atom is -0.457 e. The molecule has 35 heavy (non-hydrogen) atoms. The third kappa shape index (κ3) is 10.8. The number of alkyl halides is 6. The minimum absolute atomic E-state index is 0.150. The molecular formula is C25H23F6NO3. The molecule has 0 aliphatic rings. The Hall–Kier alpha value is -3.82. The van der Waals surface area contributed by atoms with Crippen LogP contribution in [0.3, 0.4) is 0 Å². The molecule has 0 radical (unpaired) electrons. The molecule has 0 unspecified atom stereocenters. The number of halogens is 6. The van der Waals surface area contributed by atoms with Crippen LogP contribution in [0.1, 0.15) is 13.3 Å². The quantitative estimate of drug-likeness (QED) is 0.136. The zero-order valence-electron chi connectivity index (χ0n) is 18.6. The Morgan fingerprint density at radius 1 is 0.943 bits per heavy atom. The number of hydroxylamine groups is 1. The molecule has 2 aromatic rings. The lowest BCUT2D eigenvalue weighted by molar-refractivity contribution is -0.274. The van der Waals surface area contributed by atoms with Gasteiger partial charge in [0.1, 0.15) is 17.3 Å². The van der Waals surface area contributed by atoms with E-state index in [0.717, 1.165) is 17.2 Å².